The van der Waals surface area contributed by atoms with Crippen LogP contribution in [-0.2, 0) is 14.8 Å². The number of sulfonamides is 1. The molecule has 1 atom stereocenters. The Hall–Kier alpha value is -2.20. The fourth-order valence-corrected chi connectivity index (χ4v) is 2.02. The van der Waals surface area contributed by atoms with E-state index in [1.165, 1.54) is 0 Å². The molecule has 20 heavy (non-hydrogen) atoms. The van der Waals surface area contributed by atoms with E-state index >= 15 is 0 Å². The second kappa shape index (κ2) is 5.84. The Morgan fingerprint density at radius 2 is 2.15 bits per heavy atom. The molecule has 0 heterocycles. The van der Waals surface area contributed by atoms with Crippen molar-refractivity contribution in [2.24, 2.45) is 5.14 Å². The van der Waals surface area contributed by atoms with Gasteiger partial charge in [-0.2, -0.15) is 0 Å². The van der Waals surface area contributed by atoms with Crippen LogP contribution in [0.15, 0.2) is 23.1 Å². The SMILES string of the molecule is CCC(Nc1ccc(S(N)(=O)=O)cc1[N+](=O)[O-])C(=O)O. The standard InChI is InChI=1S/C10H13N3O6S/c1-2-7(10(14)15)12-8-4-3-6(20(11,18)19)5-9(8)13(16)17/h3-5,7,12H,2H2,1H3,(H,14,15)(H2,11,18,19). The van der Waals surface area contributed by atoms with Gasteiger partial charge in [-0.1, -0.05) is 6.92 Å². The molecule has 9 nitrogen and oxygen atoms in total. The van der Waals surface area contributed by atoms with Gasteiger partial charge in [-0.05, 0) is 18.6 Å². The monoisotopic (exact) mass is 303 g/mol. The van der Waals surface area contributed by atoms with Gasteiger partial charge >= 0.3 is 5.97 Å². The number of nitrogens with one attached hydrogen (secondary N) is 1. The van der Waals surface area contributed by atoms with E-state index in [0.717, 1.165) is 18.2 Å². The molecule has 0 saturated heterocycles. The molecule has 0 amide bonds. The van der Waals surface area contributed by atoms with Gasteiger partial charge in [0.2, 0.25) is 10.0 Å². The van der Waals surface area contributed by atoms with Crippen LogP contribution >= 0.6 is 0 Å². The van der Waals surface area contributed by atoms with Crippen molar-refractivity contribution >= 4 is 27.4 Å². The lowest BCUT2D eigenvalue weighted by molar-refractivity contribution is -0.384. The molecule has 1 unspecified atom stereocenters. The fraction of sp³-hybridized carbons (Fsp3) is 0.300. The number of carboxylic acid groups (broad SMARTS) is 1. The Balaban J connectivity index is 3.27. The van der Waals surface area contributed by atoms with Crippen LogP contribution in [0, 0.1) is 10.1 Å². The summed E-state index contributed by atoms with van der Waals surface area (Å²) in [6, 6.07) is 1.95. The highest BCUT2D eigenvalue weighted by Crippen LogP contribution is 2.28. The second-order valence-electron chi connectivity index (χ2n) is 3.92. The number of nitrogens with zero attached hydrogens (tertiary/aromatic N) is 1. The molecule has 0 aliphatic carbocycles. The molecule has 0 aliphatic rings. The highest BCUT2D eigenvalue weighted by molar-refractivity contribution is 7.89. The molecular formula is C10H13N3O6S. The molecule has 0 bridgehead atoms. The average Bonchev–Trinajstić information content (AvgIpc) is 2.34. The smallest absolute Gasteiger partial charge is 0.326 e. The summed E-state index contributed by atoms with van der Waals surface area (Å²) in [6.07, 6.45) is 0.198. The molecule has 4 N–H and O–H groups in total. The zero-order valence-electron chi connectivity index (χ0n) is 10.4. The summed E-state index contributed by atoms with van der Waals surface area (Å²) in [5.41, 5.74) is -0.645. The molecule has 1 aromatic carbocycles. The van der Waals surface area contributed by atoms with E-state index in [2.05, 4.69) is 5.32 Å². The maximum atomic E-state index is 11.1. The number of anilines is 1. The summed E-state index contributed by atoms with van der Waals surface area (Å²) in [5.74, 6) is -1.17. The first kappa shape index (κ1) is 15.9. The van der Waals surface area contributed by atoms with Gasteiger partial charge in [0.05, 0.1) is 9.82 Å². The minimum Gasteiger partial charge on any atom is -0.480 e. The number of aliphatic carboxylic acids is 1. The topological polar surface area (TPSA) is 153 Å². The zero-order chi connectivity index (χ0) is 15.5. The van der Waals surface area contributed by atoms with Crippen molar-refractivity contribution in [3.8, 4) is 0 Å². The number of nitrogens with two attached hydrogens (primary N) is 1. The number of carbonyl (C=O) groups is 1. The van der Waals surface area contributed by atoms with Gasteiger partial charge in [0.1, 0.15) is 11.7 Å². The number of benzene rings is 1. The van der Waals surface area contributed by atoms with Crippen LogP contribution in [0.1, 0.15) is 13.3 Å². The molecular weight excluding hydrogens is 290 g/mol. The minimum absolute atomic E-state index is 0.0864. The predicted octanol–water partition coefficient (Wildman–Crippen LogP) is 0.517. The quantitative estimate of drug-likeness (QED) is 0.511. The third kappa shape index (κ3) is 3.65. The first-order chi connectivity index (χ1) is 9.16. The summed E-state index contributed by atoms with van der Waals surface area (Å²) in [5, 5.41) is 27.2. The molecule has 1 rings (SSSR count). The van der Waals surface area contributed by atoms with Crippen molar-refractivity contribution in [2.75, 3.05) is 5.32 Å². The summed E-state index contributed by atoms with van der Waals surface area (Å²) in [4.78, 5) is 20.6. The molecule has 10 heteroatoms. The Morgan fingerprint density at radius 3 is 2.55 bits per heavy atom. The summed E-state index contributed by atoms with van der Waals surface area (Å²) in [6.45, 7) is 1.59. The summed E-state index contributed by atoms with van der Waals surface area (Å²) >= 11 is 0. The Kier molecular flexibility index (Phi) is 4.63. The van der Waals surface area contributed by atoms with E-state index in [4.69, 9.17) is 10.2 Å². The number of rotatable bonds is 6. The lowest BCUT2D eigenvalue weighted by Crippen LogP contribution is -2.28. The fourth-order valence-electron chi connectivity index (χ4n) is 1.49. The maximum Gasteiger partial charge on any atom is 0.326 e. The number of nitro groups is 1. The van der Waals surface area contributed by atoms with Gasteiger partial charge in [-0.15, -0.1) is 0 Å². The number of hydrogen-bond acceptors (Lipinski definition) is 6. The number of nitro benzene ring substituents is 1. The van der Waals surface area contributed by atoms with E-state index < -0.39 is 37.5 Å². The largest absolute Gasteiger partial charge is 0.480 e. The van der Waals surface area contributed by atoms with Crippen molar-refractivity contribution < 1.29 is 23.2 Å². The van der Waals surface area contributed by atoms with Gasteiger partial charge < -0.3 is 10.4 Å². The van der Waals surface area contributed by atoms with Crippen LogP contribution in [0.2, 0.25) is 0 Å². The van der Waals surface area contributed by atoms with E-state index in [1.807, 2.05) is 0 Å². The summed E-state index contributed by atoms with van der Waals surface area (Å²) < 4.78 is 22.3. The molecule has 0 spiro atoms. The Labute approximate surface area is 114 Å². The van der Waals surface area contributed by atoms with Crippen molar-refractivity contribution in [2.45, 2.75) is 24.3 Å². The lowest BCUT2D eigenvalue weighted by atomic mass is 10.2. The van der Waals surface area contributed by atoms with E-state index in [-0.39, 0.29) is 12.1 Å². The van der Waals surface area contributed by atoms with E-state index in [9.17, 15) is 23.3 Å². The van der Waals surface area contributed by atoms with Crippen LogP contribution in [0.3, 0.4) is 0 Å². The number of carboxylic acids is 1. The van der Waals surface area contributed by atoms with Crippen LogP contribution < -0.4 is 10.5 Å². The molecule has 0 radical (unpaired) electrons. The lowest BCUT2D eigenvalue weighted by Gasteiger charge is -2.14. The second-order valence-corrected chi connectivity index (χ2v) is 5.49. The van der Waals surface area contributed by atoms with Crippen LogP contribution in [-0.4, -0.2) is 30.5 Å². The van der Waals surface area contributed by atoms with Gasteiger partial charge in [0, 0.05) is 6.07 Å². The minimum atomic E-state index is -4.07. The number of primary sulfonamides is 1. The first-order valence-corrected chi connectivity index (χ1v) is 7.02. The van der Waals surface area contributed by atoms with Crippen molar-refractivity contribution in [1.82, 2.24) is 0 Å². The zero-order valence-corrected chi connectivity index (χ0v) is 11.3. The van der Waals surface area contributed by atoms with Gasteiger partial charge in [0.25, 0.3) is 5.69 Å². The number of hydrogen-bond donors (Lipinski definition) is 3. The molecule has 0 fully saturated rings. The normalized spacial score (nSPS) is 12.7. The third-order valence-electron chi connectivity index (χ3n) is 2.53. The van der Waals surface area contributed by atoms with Crippen molar-refractivity contribution in [1.29, 1.82) is 0 Å². The highest BCUT2D eigenvalue weighted by atomic mass is 32.2. The third-order valence-corrected chi connectivity index (χ3v) is 3.44. The molecule has 0 aromatic heterocycles. The van der Waals surface area contributed by atoms with E-state index in [1.54, 1.807) is 6.92 Å². The van der Waals surface area contributed by atoms with Crippen molar-refractivity contribution in [3.63, 3.8) is 0 Å². The molecule has 0 aliphatic heterocycles. The van der Waals surface area contributed by atoms with Gasteiger partial charge in [0.15, 0.2) is 0 Å². The molecule has 1 aromatic rings. The van der Waals surface area contributed by atoms with Crippen LogP contribution in [0.4, 0.5) is 11.4 Å². The first-order valence-electron chi connectivity index (χ1n) is 5.47. The average molecular weight is 303 g/mol. The van der Waals surface area contributed by atoms with Crippen LogP contribution in [0.5, 0.6) is 0 Å². The molecule has 0 saturated carbocycles. The van der Waals surface area contributed by atoms with E-state index in [0.29, 0.717) is 0 Å². The van der Waals surface area contributed by atoms with Gasteiger partial charge in [-0.25, -0.2) is 18.4 Å². The van der Waals surface area contributed by atoms with Gasteiger partial charge in [-0.3, -0.25) is 10.1 Å². The Bertz CT molecular complexity index is 642. The van der Waals surface area contributed by atoms with Crippen LogP contribution in [0.25, 0.3) is 0 Å². The maximum absolute atomic E-state index is 11.1. The predicted molar refractivity (Wildman–Crippen MR) is 69.8 cm³/mol. The summed E-state index contributed by atoms with van der Waals surface area (Å²) in [7, 11) is -4.07. The highest BCUT2D eigenvalue weighted by Gasteiger charge is 2.23. The Morgan fingerprint density at radius 1 is 1.55 bits per heavy atom. The molecule has 110 valence electrons. The van der Waals surface area contributed by atoms with Crippen molar-refractivity contribution in [3.05, 3.63) is 28.3 Å².